The summed E-state index contributed by atoms with van der Waals surface area (Å²) in [6.45, 7) is 1.90. The Bertz CT molecular complexity index is 723. The van der Waals surface area contributed by atoms with Crippen LogP contribution in [0.1, 0.15) is 15.9 Å². The largest absolute Gasteiger partial charge is 0.465 e. The van der Waals surface area contributed by atoms with Crippen LogP contribution in [0.25, 0.3) is 21.3 Å². The summed E-state index contributed by atoms with van der Waals surface area (Å²) in [6.07, 6.45) is 1.35. The molecule has 96 valence electrons. The molecule has 0 unspecified atom stereocenters. The summed E-state index contributed by atoms with van der Waals surface area (Å²) in [5.74, 6) is -0.588. The molecule has 1 aromatic heterocycles. The Kier molecular flexibility index (Phi) is 3.69. The van der Waals surface area contributed by atoms with Crippen LogP contribution in [-0.2, 0) is 4.74 Å². The molecule has 0 aliphatic carbocycles. The molecule has 0 radical (unpaired) electrons. The number of ether oxygens (including phenoxy) is 1. The van der Waals surface area contributed by atoms with Crippen molar-refractivity contribution in [2.24, 2.45) is 5.11 Å². The molecule has 6 nitrogen and oxygen atoms in total. The minimum absolute atomic E-state index is 0.144. The maximum Gasteiger partial charge on any atom is 0.339 e. The van der Waals surface area contributed by atoms with Crippen LogP contribution in [0.5, 0.6) is 0 Å². The predicted molar refractivity (Wildman–Crippen MR) is 74.3 cm³/mol. The van der Waals surface area contributed by atoms with Gasteiger partial charge in [-0.1, -0.05) is 5.11 Å². The van der Waals surface area contributed by atoms with Gasteiger partial charge in [-0.2, -0.15) is 0 Å². The monoisotopic (exact) mass is 320 g/mol. The summed E-state index contributed by atoms with van der Waals surface area (Å²) in [5.41, 5.74) is 10.6. The molecular weight excluding hydrogens is 312 g/mol. The third-order valence-electron chi connectivity index (χ3n) is 2.59. The fourth-order valence-electron chi connectivity index (χ4n) is 1.79. The van der Waals surface area contributed by atoms with Gasteiger partial charge in [0.1, 0.15) is 0 Å². The van der Waals surface area contributed by atoms with Gasteiger partial charge < -0.3 is 4.74 Å². The van der Waals surface area contributed by atoms with E-state index in [2.05, 4.69) is 35.7 Å². The molecule has 0 aliphatic heterocycles. The van der Waals surface area contributed by atoms with Crippen molar-refractivity contribution in [2.45, 2.75) is 6.92 Å². The summed E-state index contributed by atoms with van der Waals surface area (Å²) < 4.78 is 5.43. The van der Waals surface area contributed by atoms with Crippen molar-refractivity contribution < 1.29 is 9.53 Å². The van der Waals surface area contributed by atoms with Gasteiger partial charge in [0.2, 0.25) is 0 Å². The molecule has 0 amide bonds. The first-order valence-corrected chi connectivity index (χ1v) is 6.10. The Balaban J connectivity index is 2.91. The zero-order valence-electron chi connectivity index (χ0n) is 10.2. The average molecular weight is 321 g/mol. The smallest absolute Gasteiger partial charge is 0.339 e. The molecule has 0 fully saturated rings. The molecule has 19 heavy (non-hydrogen) atoms. The van der Waals surface area contributed by atoms with Gasteiger partial charge in [-0.3, -0.25) is 4.98 Å². The number of nitrogens with zero attached hydrogens (tertiary/aromatic N) is 4. The first-order chi connectivity index (χ1) is 9.08. The van der Waals surface area contributed by atoms with Crippen LogP contribution in [0.4, 0.5) is 5.69 Å². The topological polar surface area (TPSA) is 88.0 Å². The van der Waals surface area contributed by atoms with Crippen LogP contribution in [-0.4, -0.2) is 18.1 Å². The number of methoxy groups -OCH3 is 1. The SMILES string of the molecule is COC(=O)c1cnc2c(Br)cc(C)cc2c1N=[N+]=[N-]. The van der Waals surface area contributed by atoms with Gasteiger partial charge in [0.05, 0.1) is 23.9 Å². The van der Waals surface area contributed by atoms with Crippen molar-refractivity contribution in [3.63, 3.8) is 0 Å². The highest BCUT2D eigenvalue weighted by molar-refractivity contribution is 9.10. The van der Waals surface area contributed by atoms with Crippen molar-refractivity contribution in [3.05, 3.63) is 44.4 Å². The predicted octanol–water partition coefficient (Wildman–Crippen LogP) is 4.03. The molecule has 2 aromatic rings. The average Bonchev–Trinajstić information content (AvgIpc) is 2.38. The zero-order valence-corrected chi connectivity index (χ0v) is 11.8. The lowest BCUT2D eigenvalue weighted by atomic mass is 10.1. The lowest BCUT2D eigenvalue weighted by Crippen LogP contribution is -2.03. The van der Waals surface area contributed by atoms with E-state index in [1.807, 2.05) is 19.1 Å². The number of rotatable bonds is 2. The molecule has 0 saturated carbocycles. The highest BCUT2D eigenvalue weighted by Crippen LogP contribution is 2.34. The molecule has 2 rings (SSSR count). The fraction of sp³-hybridized carbons (Fsp3) is 0.167. The Morgan fingerprint density at radius 1 is 1.53 bits per heavy atom. The molecule has 1 heterocycles. The molecule has 0 aliphatic rings. The van der Waals surface area contributed by atoms with Crippen molar-refractivity contribution >= 4 is 38.5 Å². The molecular formula is C12H9BrN4O2. The Morgan fingerprint density at radius 2 is 2.26 bits per heavy atom. The standard InChI is InChI=1S/C12H9BrN4O2/c1-6-3-7-10(16-17-14)8(12(18)19-2)5-15-11(7)9(13)4-6/h3-5H,1-2H3. The van der Waals surface area contributed by atoms with Crippen molar-refractivity contribution in [3.8, 4) is 0 Å². The Labute approximate surface area is 117 Å². The van der Waals surface area contributed by atoms with Gasteiger partial charge in [0.15, 0.2) is 0 Å². The zero-order chi connectivity index (χ0) is 14.0. The molecule has 0 saturated heterocycles. The van der Waals surface area contributed by atoms with Crippen molar-refractivity contribution in [1.82, 2.24) is 4.98 Å². The van der Waals surface area contributed by atoms with E-state index in [9.17, 15) is 4.79 Å². The van der Waals surface area contributed by atoms with Crippen LogP contribution in [0, 0.1) is 6.92 Å². The molecule has 0 atom stereocenters. The van der Waals surface area contributed by atoms with Gasteiger partial charge in [-0.25, -0.2) is 4.79 Å². The van der Waals surface area contributed by atoms with Gasteiger partial charge >= 0.3 is 5.97 Å². The minimum Gasteiger partial charge on any atom is -0.465 e. The number of carbonyl (C=O) groups excluding carboxylic acids is 1. The highest BCUT2D eigenvalue weighted by Gasteiger charge is 2.16. The summed E-state index contributed by atoms with van der Waals surface area (Å²) in [6, 6.07) is 3.70. The Hall–Kier alpha value is -2.11. The molecule has 0 bridgehead atoms. The van der Waals surface area contributed by atoms with E-state index < -0.39 is 5.97 Å². The molecule has 0 N–H and O–H groups in total. The number of hydrogen-bond donors (Lipinski definition) is 0. The number of aromatic nitrogens is 1. The maximum atomic E-state index is 11.7. The van der Waals surface area contributed by atoms with Gasteiger partial charge in [0.25, 0.3) is 0 Å². The number of carbonyl (C=O) groups is 1. The number of azide groups is 1. The lowest BCUT2D eigenvalue weighted by Gasteiger charge is -2.08. The summed E-state index contributed by atoms with van der Waals surface area (Å²) >= 11 is 3.40. The van der Waals surface area contributed by atoms with Crippen LogP contribution in [0.3, 0.4) is 0 Å². The first-order valence-electron chi connectivity index (χ1n) is 5.30. The molecule has 7 heteroatoms. The van der Waals surface area contributed by atoms with E-state index in [1.165, 1.54) is 13.3 Å². The van der Waals surface area contributed by atoms with E-state index in [-0.39, 0.29) is 11.3 Å². The normalized spacial score (nSPS) is 10.1. The van der Waals surface area contributed by atoms with Crippen molar-refractivity contribution in [2.75, 3.05) is 7.11 Å². The maximum absolute atomic E-state index is 11.7. The highest BCUT2D eigenvalue weighted by atomic mass is 79.9. The van der Waals surface area contributed by atoms with Crippen LogP contribution in [0.2, 0.25) is 0 Å². The number of aryl methyl sites for hydroxylation is 1. The van der Waals surface area contributed by atoms with E-state index in [4.69, 9.17) is 5.53 Å². The van der Waals surface area contributed by atoms with Gasteiger partial charge in [-0.15, -0.1) is 0 Å². The van der Waals surface area contributed by atoms with Crippen LogP contribution >= 0.6 is 15.9 Å². The number of esters is 1. The van der Waals surface area contributed by atoms with E-state index in [0.717, 1.165) is 10.0 Å². The minimum atomic E-state index is -0.588. The first kappa shape index (κ1) is 13.3. The summed E-state index contributed by atoms with van der Waals surface area (Å²) in [5, 5.41) is 4.21. The summed E-state index contributed by atoms with van der Waals surface area (Å²) in [7, 11) is 1.26. The number of fused-ring (bicyclic) bond motifs is 1. The number of halogens is 1. The van der Waals surface area contributed by atoms with E-state index >= 15 is 0 Å². The second-order valence-corrected chi connectivity index (χ2v) is 4.70. The van der Waals surface area contributed by atoms with E-state index in [1.54, 1.807) is 0 Å². The second-order valence-electron chi connectivity index (χ2n) is 3.84. The fourth-order valence-corrected chi connectivity index (χ4v) is 2.47. The van der Waals surface area contributed by atoms with Crippen LogP contribution < -0.4 is 0 Å². The number of hydrogen-bond acceptors (Lipinski definition) is 4. The third-order valence-corrected chi connectivity index (χ3v) is 3.20. The third kappa shape index (κ3) is 2.38. The van der Waals surface area contributed by atoms with Crippen LogP contribution in [0.15, 0.2) is 27.9 Å². The number of benzene rings is 1. The van der Waals surface area contributed by atoms with Crippen molar-refractivity contribution in [1.29, 1.82) is 0 Å². The van der Waals surface area contributed by atoms with E-state index in [0.29, 0.717) is 10.9 Å². The summed E-state index contributed by atoms with van der Waals surface area (Å²) in [4.78, 5) is 18.6. The van der Waals surface area contributed by atoms with Gasteiger partial charge in [-0.05, 0) is 46.1 Å². The second kappa shape index (κ2) is 5.26. The quantitative estimate of drug-likeness (QED) is 0.362. The Morgan fingerprint density at radius 3 is 2.89 bits per heavy atom. The molecule has 0 spiro atoms. The molecule has 1 aromatic carbocycles. The van der Waals surface area contributed by atoms with Gasteiger partial charge in [0, 0.05) is 21.0 Å². The number of pyridine rings is 1. The lowest BCUT2D eigenvalue weighted by molar-refractivity contribution is 0.0601.